The maximum absolute atomic E-state index is 9.89. The molecule has 1 aliphatic carbocycles. The molecular weight excluding hydrogens is 174 g/mol. The number of rotatable bonds is 4. The van der Waals surface area contributed by atoms with Crippen molar-refractivity contribution in [1.82, 2.24) is 0 Å². The second-order valence-electron chi connectivity index (χ2n) is 2.53. The molecule has 0 N–H and O–H groups in total. The van der Waals surface area contributed by atoms with Crippen molar-refractivity contribution in [2.75, 3.05) is 12.0 Å². The van der Waals surface area contributed by atoms with Crippen molar-refractivity contribution in [3.05, 3.63) is 29.2 Å². The van der Waals surface area contributed by atoms with Crippen molar-refractivity contribution in [2.45, 2.75) is 6.10 Å². The van der Waals surface area contributed by atoms with E-state index in [9.17, 15) is 4.91 Å². The lowest BCUT2D eigenvalue weighted by Crippen LogP contribution is -2.21. The van der Waals surface area contributed by atoms with Gasteiger partial charge in [0.2, 0.25) is 0 Å². The van der Waals surface area contributed by atoms with Gasteiger partial charge >= 0.3 is 0 Å². The standard InChI is InChI=1S/C8H11NO2S/c1-12-6-7-4-2-3-5-8(7)11-9-10/h2-5,7-8H,6H2,1H3. The topological polar surface area (TPSA) is 38.7 Å². The van der Waals surface area contributed by atoms with Crippen LogP contribution >= 0.6 is 11.8 Å². The molecule has 1 aliphatic rings. The normalized spacial score (nSPS) is 27.1. The molecule has 0 radical (unpaired) electrons. The summed E-state index contributed by atoms with van der Waals surface area (Å²) in [5.74, 6) is 1.21. The summed E-state index contributed by atoms with van der Waals surface area (Å²) in [6.45, 7) is 0. The van der Waals surface area contributed by atoms with Gasteiger partial charge < -0.3 is 4.84 Å². The van der Waals surface area contributed by atoms with E-state index in [4.69, 9.17) is 0 Å². The Hall–Kier alpha value is -0.770. The third-order valence-electron chi connectivity index (χ3n) is 1.72. The van der Waals surface area contributed by atoms with E-state index in [1.165, 1.54) is 0 Å². The first kappa shape index (κ1) is 9.32. The molecule has 0 aromatic carbocycles. The van der Waals surface area contributed by atoms with E-state index in [1.807, 2.05) is 30.6 Å². The highest BCUT2D eigenvalue weighted by Crippen LogP contribution is 2.19. The minimum atomic E-state index is -0.181. The van der Waals surface area contributed by atoms with Gasteiger partial charge in [0.1, 0.15) is 0 Å². The van der Waals surface area contributed by atoms with Gasteiger partial charge in [-0.2, -0.15) is 11.8 Å². The number of allylic oxidation sites excluding steroid dienone is 2. The Morgan fingerprint density at radius 1 is 1.50 bits per heavy atom. The third kappa shape index (κ3) is 2.37. The molecule has 0 aromatic heterocycles. The average Bonchev–Trinajstić information content (AvgIpc) is 2.09. The molecule has 0 aromatic rings. The predicted octanol–water partition coefficient (Wildman–Crippen LogP) is 2.16. The lowest BCUT2D eigenvalue weighted by molar-refractivity contribution is 0.0653. The molecule has 0 bridgehead atoms. The van der Waals surface area contributed by atoms with Crippen molar-refractivity contribution >= 4 is 11.8 Å². The molecule has 0 amide bonds. The largest absolute Gasteiger partial charge is 0.356 e. The van der Waals surface area contributed by atoms with Crippen LogP contribution in [0.5, 0.6) is 0 Å². The summed E-state index contributed by atoms with van der Waals surface area (Å²) >= 11 is 1.73. The molecule has 12 heavy (non-hydrogen) atoms. The maximum Gasteiger partial charge on any atom is 0.156 e. The van der Waals surface area contributed by atoms with Crippen LogP contribution in [0.4, 0.5) is 0 Å². The number of nitrogens with zero attached hydrogens (tertiary/aromatic N) is 1. The molecule has 0 aliphatic heterocycles. The van der Waals surface area contributed by atoms with Crippen molar-refractivity contribution in [3.63, 3.8) is 0 Å². The van der Waals surface area contributed by atoms with Crippen molar-refractivity contribution in [2.24, 2.45) is 11.3 Å². The second-order valence-corrected chi connectivity index (χ2v) is 3.44. The van der Waals surface area contributed by atoms with Crippen LogP contribution in [0.15, 0.2) is 29.6 Å². The lowest BCUT2D eigenvalue weighted by atomic mass is 10.00. The van der Waals surface area contributed by atoms with Crippen LogP contribution in [-0.4, -0.2) is 18.1 Å². The highest BCUT2D eigenvalue weighted by atomic mass is 32.2. The van der Waals surface area contributed by atoms with Crippen LogP contribution in [0.25, 0.3) is 0 Å². The molecule has 0 fully saturated rings. The summed E-state index contributed by atoms with van der Waals surface area (Å²) in [5.41, 5.74) is 0. The van der Waals surface area contributed by atoms with Crippen molar-refractivity contribution in [3.8, 4) is 0 Å². The van der Waals surface area contributed by atoms with E-state index < -0.39 is 0 Å². The first-order chi connectivity index (χ1) is 5.88. The molecule has 3 nitrogen and oxygen atoms in total. The maximum atomic E-state index is 9.89. The van der Waals surface area contributed by atoms with E-state index in [0.717, 1.165) is 5.75 Å². The third-order valence-corrected chi connectivity index (χ3v) is 2.43. The molecule has 1 rings (SSSR count). The molecule has 0 saturated carbocycles. The molecule has 0 spiro atoms. The summed E-state index contributed by atoms with van der Waals surface area (Å²) in [5, 5.41) is 2.45. The van der Waals surface area contributed by atoms with E-state index in [0.29, 0.717) is 0 Å². The van der Waals surface area contributed by atoms with Crippen molar-refractivity contribution in [1.29, 1.82) is 0 Å². The Labute approximate surface area is 75.8 Å². The number of hydrogen-bond acceptors (Lipinski definition) is 4. The van der Waals surface area contributed by atoms with Gasteiger partial charge in [-0.3, -0.25) is 0 Å². The van der Waals surface area contributed by atoms with Gasteiger partial charge in [0.25, 0.3) is 0 Å². The Morgan fingerprint density at radius 2 is 2.25 bits per heavy atom. The van der Waals surface area contributed by atoms with E-state index >= 15 is 0 Å². The fraction of sp³-hybridized carbons (Fsp3) is 0.500. The fourth-order valence-electron chi connectivity index (χ4n) is 1.14. The first-order valence-electron chi connectivity index (χ1n) is 3.71. The minimum Gasteiger partial charge on any atom is -0.356 e. The van der Waals surface area contributed by atoms with Crippen LogP contribution in [-0.2, 0) is 4.84 Å². The van der Waals surface area contributed by atoms with E-state index in [1.54, 1.807) is 11.8 Å². The second kappa shape index (κ2) is 4.98. The zero-order valence-electron chi connectivity index (χ0n) is 6.84. The fourth-order valence-corrected chi connectivity index (χ4v) is 1.82. The lowest BCUT2D eigenvalue weighted by Gasteiger charge is -2.19. The smallest absolute Gasteiger partial charge is 0.156 e. The molecule has 0 heterocycles. The summed E-state index contributed by atoms with van der Waals surface area (Å²) < 4.78 is 0. The van der Waals surface area contributed by atoms with Gasteiger partial charge in [-0.25, -0.2) is 0 Å². The Balaban J connectivity index is 2.51. The molecule has 4 heteroatoms. The quantitative estimate of drug-likeness (QED) is 0.497. The van der Waals surface area contributed by atoms with Gasteiger partial charge in [-0.15, -0.1) is 4.91 Å². The predicted molar refractivity (Wildman–Crippen MR) is 50.8 cm³/mol. The van der Waals surface area contributed by atoms with Crippen LogP contribution < -0.4 is 0 Å². The van der Waals surface area contributed by atoms with Gasteiger partial charge in [-0.1, -0.05) is 18.2 Å². The Bertz CT molecular complexity index is 203. The average molecular weight is 185 g/mol. The van der Waals surface area contributed by atoms with E-state index in [-0.39, 0.29) is 12.0 Å². The van der Waals surface area contributed by atoms with Crippen LogP contribution in [0.3, 0.4) is 0 Å². The minimum absolute atomic E-state index is 0.181. The molecule has 2 atom stereocenters. The zero-order valence-corrected chi connectivity index (χ0v) is 7.66. The zero-order chi connectivity index (χ0) is 8.81. The number of thioether (sulfide) groups is 1. The summed E-state index contributed by atoms with van der Waals surface area (Å²) in [7, 11) is 0. The van der Waals surface area contributed by atoms with Crippen molar-refractivity contribution < 1.29 is 4.84 Å². The van der Waals surface area contributed by atoms with Gasteiger partial charge in [0, 0.05) is 11.7 Å². The van der Waals surface area contributed by atoms with Gasteiger partial charge in [0.15, 0.2) is 11.4 Å². The van der Waals surface area contributed by atoms with Gasteiger partial charge in [-0.05, 0) is 12.3 Å². The molecule has 66 valence electrons. The highest BCUT2D eigenvalue weighted by molar-refractivity contribution is 7.98. The van der Waals surface area contributed by atoms with Crippen LogP contribution in [0.2, 0.25) is 0 Å². The first-order valence-corrected chi connectivity index (χ1v) is 5.10. The summed E-state index contributed by atoms with van der Waals surface area (Å²) in [4.78, 5) is 14.6. The van der Waals surface area contributed by atoms with Gasteiger partial charge in [0.05, 0.1) is 0 Å². The summed E-state index contributed by atoms with van der Waals surface area (Å²) in [6, 6.07) is 0. The molecule has 0 saturated heterocycles. The summed E-state index contributed by atoms with van der Waals surface area (Å²) in [6.07, 6.45) is 9.56. The SMILES string of the molecule is CSCC1C=CC=CC1ON=O. The Kier molecular flexibility index (Phi) is 3.87. The Morgan fingerprint density at radius 3 is 2.92 bits per heavy atom. The van der Waals surface area contributed by atoms with Crippen LogP contribution in [0, 0.1) is 10.8 Å². The highest BCUT2D eigenvalue weighted by Gasteiger charge is 2.19. The van der Waals surface area contributed by atoms with E-state index in [2.05, 4.69) is 10.2 Å². The molecular formula is C8H11NO2S. The molecule has 2 unspecified atom stereocenters. The monoisotopic (exact) mass is 185 g/mol. The van der Waals surface area contributed by atoms with Crippen LogP contribution in [0.1, 0.15) is 0 Å². The number of hydrogen-bond donors (Lipinski definition) is 0.